The summed E-state index contributed by atoms with van der Waals surface area (Å²) in [5, 5.41) is 5.86. The molecule has 0 bridgehead atoms. The number of nitrogens with zero attached hydrogens (tertiary/aromatic N) is 3. The van der Waals surface area contributed by atoms with Gasteiger partial charge in [0.05, 0.1) is 19.3 Å². The van der Waals surface area contributed by atoms with Gasteiger partial charge in [0.2, 0.25) is 0 Å². The summed E-state index contributed by atoms with van der Waals surface area (Å²) in [6, 6.07) is 3.44. The van der Waals surface area contributed by atoms with Crippen molar-refractivity contribution < 1.29 is 47.3 Å². The summed E-state index contributed by atoms with van der Waals surface area (Å²) in [5.41, 5.74) is 7.19. The maximum absolute atomic E-state index is 10.6. The average molecular weight is 1110 g/mol. The number of ether oxygens (including phenoxy) is 1. The van der Waals surface area contributed by atoms with E-state index in [2.05, 4.69) is 115 Å². The maximum atomic E-state index is 10.6. The van der Waals surface area contributed by atoms with Crippen LogP contribution < -0.4 is 11.3 Å². The van der Waals surface area contributed by atoms with E-state index in [1.54, 1.807) is 13.3 Å². The fourth-order valence-corrected chi connectivity index (χ4v) is 1.52. The van der Waals surface area contributed by atoms with Crippen LogP contribution in [0.1, 0.15) is 44.3 Å². The Morgan fingerprint density at radius 3 is 1.67 bits per heavy atom. The van der Waals surface area contributed by atoms with Gasteiger partial charge in [0.1, 0.15) is 6.27 Å². The molecule has 0 spiro atoms. The van der Waals surface area contributed by atoms with Crippen LogP contribution in [0.4, 0.5) is 0 Å². The van der Waals surface area contributed by atoms with Crippen molar-refractivity contribution in [3.05, 3.63) is 57.2 Å². The second-order valence-corrected chi connectivity index (χ2v) is 16.4. The zero-order valence-electron chi connectivity index (χ0n) is 23.9. The van der Waals surface area contributed by atoms with E-state index in [1.165, 1.54) is 12.4 Å². The largest absolute Gasteiger partial charge is 0.456 e. The third kappa shape index (κ3) is 79.5. The second kappa shape index (κ2) is 56.8. The van der Waals surface area contributed by atoms with Crippen molar-refractivity contribution in [1.82, 2.24) is 19.9 Å². The number of hydrogen-bond acceptors (Lipinski definition) is 11. The summed E-state index contributed by atoms with van der Waals surface area (Å²) in [6.07, 6.45) is 5.74. The van der Waals surface area contributed by atoms with Crippen LogP contribution in [0.5, 0.6) is 0 Å². The number of nitrogens with one attached hydrogen (secondary N) is 2. The summed E-state index contributed by atoms with van der Waals surface area (Å²) < 4.78 is 5.27. The van der Waals surface area contributed by atoms with E-state index in [-0.39, 0.29) is 48.8 Å². The number of H-pyrrole nitrogens is 1. The molecule has 0 fully saturated rings. The Hall–Kier alpha value is -0.986. The molecule has 4 N–H and O–H groups in total. The Labute approximate surface area is 325 Å². The number of aromatic amines is 1. The number of alkyl halides is 3. The maximum Gasteiger partial charge on any atom is 0.384 e. The fourth-order valence-electron chi connectivity index (χ4n) is 1.52. The normalized spacial score (nSPS) is 6.86. The van der Waals surface area contributed by atoms with Gasteiger partial charge in [-0.3, -0.25) is 15.1 Å². The van der Waals surface area contributed by atoms with Crippen LogP contribution in [0.3, 0.4) is 0 Å². The van der Waals surface area contributed by atoms with E-state index in [0.717, 1.165) is 29.8 Å². The summed E-state index contributed by atoms with van der Waals surface area (Å²) in [4.78, 5) is 70.9. The monoisotopic (exact) mass is 1110 g/mol. The molecule has 0 aromatic carbocycles. The van der Waals surface area contributed by atoms with Gasteiger partial charge < -0.3 is 38.0 Å². The Morgan fingerprint density at radius 1 is 1.05 bits per heavy atom. The number of aryl methyl sites for hydroxylation is 3. The third-order valence-corrected chi connectivity index (χ3v) is 2.68. The third-order valence-electron chi connectivity index (χ3n) is 2.68. The molecule has 0 amide bonds. The molecule has 0 aliphatic rings. The number of carbonyl (C=O) groups excluding carboxylic acids is 5. The smallest absolute Gasteiger partial charge is 0.384 e. The van der Waals surface area contributed by atoms with E-state index >= 15 is 0 Å². The van der Waals surface area contributed by atoms with Gasteiger partial charge in [0, 0.05) is 54.0 Å². The van der Waals surface area contributed by atoms with Gasteiger partial charge in [-0.25, -0.2) is 19.7 Å². The predicted octanol–water partition coefficient (Wildman–Crippen LogP) is 4.98. The van der Waals surface area contributed by atoms with Crippen LogP contribution in [0.15, 0.2) is 29.6 Å². The predicted molar refractivity (Wildman–Crippen MR) is 196 cm³/mol. The Kier molecular flexibility index (Phi) is 80.6. The first-order valence-electron chi connectivity index (χ1n) is 10.7. The quantitative estimate of drug-likeness (QED) is 0.0533. The summed E-state index contributed by atoms with van der Waals surface area (Å²) in [7, 11) is 0. The van der Waals surface area contributed by atoms with Crippen LogP contribution in [-0.2, 0) is 53.7 Å². The molecular formula is C24H34ClI4N6O7V-. The summed E-state index contributed by atoms with van der Waals surface area (Å²) in [6.45, 7) is 9.90. The molecule has 0 saturated carbocycles. The van der Waals surface area contributed by atoms with Gasteiger partial charge in [-0.15, -0.1) is 12.4 Å². The molecule has 2 aromatic heterocycles. The zero-order chi connectivity index (χ0) is 33.5. The number of carbonyl (C=O) groups is 1. The van der Waals surface area contributed by atoms with Crippen molar-refractivity contribution in [1.29, 1.82) is 5.41 Å². The molecule has 43 heavy (non-hydrogen) atoms. The molecule has 13 nitrogen and oxygen atoms in total. The number of esters is 1. The van der Waals surface area contributed by atoms with E-state index in [4.69, 9.17) is 24.6 Å². The molecule has 0 aliphatic heterocycles. The fraction of sp³-hybridized carbons (Fsp3) is 0.375. The summed E-state index contributed by atoms with van der Waals surface area (Å²) >= 11 is 8.85. The molecule has 0 unspecified atom stereocenters. The van der Waals surface area contributed by atoms with Crippen LogP contribution in [-0.4, -0.2) is 51.1 Å². The van der Waals surface area contributed by atoms with Gasteiger partial charge in [-0.2, -0.15) is 19.2 Å². The van der Waals surface area contributed by atoms with E-state index in [1.807, 2.05) is 56.4 Å². The Bertz CT molecular complexity index is 1050. The first-order chi connectivity index (χ1) is 19.4. The SMILES string of the molecule is CCC#CC(=O)OCC.CCc1cc(=O)[nH]cn1.Cc1cc(C)ncn1.Cl.IC(I)I.N=CN.O=C=O.O=C=O.[CH2-]I.[V]. The van der Waals surface area contributed by atoms with Crippen molar-refractivity contribution in [3.8, 4) is 11.8 Å². The van der Waals surface area contributed by atoms with E-state index in [9.17, 15) is 9.59 Å². The van der Waals surface area contributed by atoms with Gasteiger partial charge >= 0.3 is 18.3 Å². The number of halogens is 5. The molecule has 0 aliphatic carbocycles. The van der Waals surface area contributed by atoms with Crippen molar-refractivity contribution in [2.45, 2.75) is 47.4 Å². The van der Waals surface area contributed by atoms with Crippen LogP contribution in [0.25, 0.3) is 0 Å². The molecule has 2 aromatic rings. The molecule has 0 saturated heterocycles. The van der Waals surface area contributed by atoms with Crippen LogP contribution >= 0.6 is 103 Å². The molecule has 0 atom stereocenters. The zero-order valence-corrected chi connectivity index (χ0v) is 34.8. The Morgan fingerprint density at radius 2 is 1.44 bits per heavy atom. The molecule has 243 valence electrons. The van der Waals surface area contributed by atoms with Crippen molar-refractivity contribution in [3.63, 3.8) is 0 Å². The van der Waals surface area contributed by atoms with Gasteiger partial charge in [-0.1, -0.05) is 87.5 Å². The van der Waals surface area contributed by atoms with Crippen molar-refractivity contribution in [2.75, 3.05) is 6.61 Å². The molecule has 2 rings (SSSR count). The number of rotatable bonds is 2. The minimum absolute atomic E-state index is 0. The molecule has 2 heterocycles. The summed E-state index contributed by atoms with van der Waals surface area (Å²) in [5.74, 6) is 4.50. The molecule has 1 radical (unpaired) electrons. The number of nitrogens with two attached hydrogens (primary N) is 1. The topological polar surface area (TPSA) is 216 Å². The van der Waals surface area contributed by atoms with Crippen LogP contribution in [0.2, 0.25) is 0 Å². The Balaban J connectivity index is -0.0000000572. The minimum atomic E-state index is -0.431. The molecule has 19 heteroatoms. The standard InChI is InChI=1S/C7H10O2.C6H8N2O.C6H8N2.CHI3.CH2I.CH4N2.2CO2.ClH.V/c1-3-5-6-7(8)9-4-2;1-2-5-3-6(9)8-4-7-5;1-5-3-6(2)8-4-7-5;2-1(3)4;1-2;3*2-1-3;;/h3-4H2,1-2H3;3-4H,2H2,1H3,(H,7,8,9);3-4H,1-2H3;1H;1H2;1H,(H3,2,3);;;1H;/q;;;;-1;;;;;. The second-order valence-electron chi connectivity index (χ2n) is 5.51. The van der Waals surface area contributed by atoms with E-state index < -0.39 is 5.97 Å². The van der Waals surface area contributed by atoms with Gasteiger partial charge in [0.25, 0.3) is 5.56 Å². The molecular weight excluding hydrogens is 1080 g/mol. The van der Waals surface area contributed by atoms with Gasteiger partial charge in [-0.05, 0) is 33.3 Å². The first kappa shape index (κ1) is 61.1. The van der Waals surface area contributed by atoms with Crippen molar-refractivity contribution in [2.24, 2.45) is 5.73 Å². The average Bonchev–Trinajstić information content (AvgIpc) is 2.90. The van der Waals surface area contributed by atoms with E-state index in [0.29, 0.717) is 13.0 Å². The number of aromatic nitrogens is 4. The number of hydrogen-bond donors (Lipinski definition) is 3. The van der Waals surface area contributed by atoms with Crippen molar-refractivity contribution >= 4 is 127 Å². The minimum Gasteiger partial charge on any atom is -0.456 e. The van der Waals surface area contributed by atoms with Crippen LogP contribution in [0, 0.1) is 36.0 Å². The first-order valence-corrected chi connectivity index (χ1v) is 16.0. The van der Waals surface area contributed by atoms with Gasteiger partial charge in [0.15, 0.2) is 0 Å².